The van der Waals surface area contributed by atoms with Gasteiger partial charge in [-0.05, 0) is 43.9 Å². The second kappa shape index (κ2) is 9.74. The van der Waals surface area contributed by atoms with E-state index in [1.807, 2.05) is 35.2 Å². The molecule has 3 rings (SSSR count). The Morgan fingerprint density at radius 3 is 2.63 bits per heavy atom. The lowest BCUT2D eigenvalue weighted by Crippen LogP contribution is -2.52. The van der Waals surface area contributed by atoms with Crippen molar-refractivity contribution in [2.45, 2.75) is 38.6 Å². The molecule has 6 nitrogen and oxygen atoms in total. The van der Waals surface area contributed by atoms with Gasteiger partial charge in [0.2, 0.25) is 11.8 Å². The number of para-hydroxylation sites is 1. The molecule has 0 spiro atoms. The van der Waals surface area contributed by atoms with Gasteiger partial charge in [0.15, 0.2) is 0 Å². The lowest BCUT2D eigenvalue weighted by Gasteiger charge is -2.34. The maximum atomic E-state index is 12.6. The largest absolute Gasteiger partial charge is 0.493 e. The Bertz CT molecular complexity index is 614. The average molecular weight is 373 g/mol. The third kappa shape index (κ3) is 5.70. The van der Waals surface area contributed by atoms with Gasteiger partial charge in [-0.25, -0.2) is 0 Å². The van der Waals surface area contributed by atoms with Gasteiger partial charge in [0, 0.05) is 31.6 Å². The number of carbonyl (C=O) groups is 2. The van der Waals surface area contributed by atoms with Crippen LogP contribution in [0.15, 0.2) is 30.3 Å². The van der Waals surface area contributed by atoms with Gasteiger partial charge >= 0.3 is 0 Å². The summed E-state index contributed by atoms with van der Waals surface area (Å²) < 4.78 is 5.60. The van der Waals surface area contributed by atoms with E-state index in [9.17, 15) is 9.59 Å². The normalized spacial score (nSPS) is 23.7. The number of rotatable bonds is 6. The summed E-state index contributed by atoms with van der Waals surface area (Å²) in [7, 11) is 0. The van der Waals surface area contributed by atoms with E-state index in [1.165, 1.54) is 0 Å². The zero-order valence-corrected chi connectivity index (χ0v) is 16.2. The SMILES string of the molecule is CC1CCNCC1NC(=O)C1CCN(C(=O)CCOc2ccccc2)CC1. The van der Waals surface area contributed by atoms with Crippen LogP contribution in [0.1, 0.15) is 32.6 Å². The standard InChI is InChI=1S/C21H31N3O3/c1-16-7-11-22-15-19(16)23-21(26)17-8-12-24(13-9-17)20(25)10-14-27-18-5-3-2-4-6-18/h2-6,16-17,19,22H,7-15H2,1H3,(H,23,26). The lowest BCUT2D eigenvalue weighted by molar-refractivity contribution is -0.136. The number of hydrogen-bond acceptors (Lipinski definition) is 4. The Morgan fingerprint density at radius 1 is 1.19 bits per heavy atom. The molecule has 0 aliphatic carbocycles. The minimum atomic E-state index is 0.0174. The van der Waals surface area contributed by atoms with Crippen molar-refractivity contribution >= 4 is 11.8 Å². The molecule has 6 heteroatoms. The van der Waals surface area contributed by atoms with Gasteiger partial charge in [-0.15, -0.1) is 0 Å². The summed E-state index contributed by atoms with van der Waals surface area (Å²) >= 11 is 0. The number of nitrogens with zero attached hydrogens (tertiary/aromatic N) is 1. The first-order valence-corrected chi connectivity index (χ1v) is 10.1. The summed E-state index contributed by atoms with van der Waals surface area (Å²) in [6.45, 7) is 5.77. The van der Waals surface area contributed by atoms with Gasteiger partial charge in [0.05, 0.1) is 13.0 Å². The number of hydrogen-bond donors (Lipinski definition) is 2. The lowest BCUT2D eigenvalue weighted by atomic mass is 9.92. The van der Waals surface area contributed by atoms with Crippen molar-refractivity contribution in [3.8, 4) is 5.75 Å². The van der Waals surface area contributed by atoms with Crippen LogP contribution in [0.2, 0.25) is 0 Å². The van der Waals surface area contributed by atoms with Crippen LogP contribution in [-0.2, 0) is 9.59 Å². The van der Waals surface area contributed by atoms with E-state index in [0.29, 0.717) is 32.0 Å². The minimum absolute atomic E-state index is 0.0174. The highest BCUT2D eigenvalue weighted by Gasteiger charge is 2.30. The molecule has 1 aromatic carbocycles. The summed E-state index contributed by atoms with van der Waals surface area (Å²) in [5.74, 6) is 1.57. The molecule has 148 valence electrons. The summed E-state index contributed by atoms with van der Waals surface area (Å²) in [4.78, 5) is 26.8. The molecular formula is C21H31N3O3. The fraction of sp³-hybridized carbons (Fsp3) is 0.619. The fourth-order valence-electron chi connectivity index (χ4n) is 3.81. The van der Waals surface area contributed by atoms with Crippen molar-refractivity contribution < 1.29 is 14.3 Å². The summed E-state index contributed by atoms with van der Waals surface area (Å²) in [5.41, 5.74) is 0. The van der Waals surface area contributed by atoms with Crippen LogP contribution in [0.5, 0.6) is 5.75 Å². The Hall–Kier alpha value is -2.08. The zero-order valence-electron chi connectivity index (χ0n) is 16.2. The summed E-state index contributed by atoms with van der Waals surface area (Å²) in [5, 5.41) is 6.56. The second-order valence-corrected chi connectivity index (χ2v) is 7.65. The number of piperidine rings is 2. The van der Waals surface area contributed by atoms with E-state index in [4.69, 9.17) is 4.74 Å². The molecule has 2 atom stereocenters. The van der Waals surface area contributed by atoms with Crippen LogP contribution in [0, 0.1) is 11.8 Å². The molecule has 0 aromatic heterocycles. The van der Waals surface area contributed by atoms with Gasteiger partial charge in [-0.1, -0.05) is 25.1 Å². The van der Waals surface area contributed by atoms with E-state index < -0.39 is 0 Å². The summed E-state index contributed by atoms with van der Waals surface area (Å²) in [6, 6.07) is 9.76. The van der Waals surface area contributed by atoms with Crippen molar-refractivity contribution in [3.05, 3.63) is 30.3 Å². The van der Waals surface area contributed by atoms with Crippen LogP contribution in [0.25, 0.3) is 0 Å². The molecule has 1 aromatic rings. The molecule has 0 radical (unpaired) electrons. The van der Waals surface area contributed by atoms with E-state index in [1.54, 1.807) is 0 Å². The van der Waals surface area contributed by atoms with E-state index in [2.05, 4.69) is 17.6 Å². The topological polar surface area (TPSA) is 70.7 Å². The third-order valence-corrected chi connectivity index (χ3v) is 5.70. The Kier molecular flexibility index (Phi) is 7.10. The van der Waals surface area contributed by atoms with Gasteiger partial charge in [0.1, 0.15) is 5.75 Å². The molecule has 27 heavy (non-hydrogen) atoms. The van der Waals surface area contributed by atoms with Crippen molar-refractivity contribution in [3.63, 3.8) is 0 Å². The molecule has 2 aliphatic rings. The maximum Gasteiger partial charge on any atom is 0.225 e. The minimum Gasteiger partial charge on any atom is -0.493 e. The molecule has 2 unspecified atom stereocenters. The van der Waals surface area contributed by atoms with Crippen LogP contribution in [0.3, 0.4) is 0 Å². The van der Waals surface area contributed by atoms with Crippen LogP contribution in [-0.4, -0.2) is 55.5 Å². The van der Waals surface area contributed by atoms with Gasteiger partial charge in [-0.2, -0.15) is 0 Å². The Labute approximate surface area is 161 Å². The number of ether oxygens (including phenoxy) is 1. The zero-order chi connectivity index (χ0) is 19.1. The highest BCUT2D eigenvalue weighted by atomic mass is 16.5. The van der Waals surface area contributed by atoms with Gasteiger partial charge in [0.25, 0.3) is 0 Å². The van der Waals surface area contributed by atoms with Crippen molar-refractivity contribution in [1.82, 2.24) is 15.5 Å². The van der Waals surface area contributed by atoms with Crippen molar-refractivity contribution in [2.24, 2.45) is 11.8 Å². The van der Waals surface area contributed by atoms with Crippen molar-refractivity contribution in [2.75, 3.05) is 32.8 Å². The molecular weight excluding hydrogens is 342 g/mol. The summed E-state index contributed by atoms with van der Waals surface area (Å²) in [6.07, 6.45) is 2.96. The monoisotopic (exact) mass is 373 g/mol. The number of carbonyl (C=O) groups excluding carboxylic acids is 2. The molecule has 2 N–H and O–H groups in total. The molecule has 2 heterocycles. The highest BCUT2D eigenvalue weighted by Crippen LogP contribution is 2.20. The number of likely N-dealkylation sites (tertiary alicyclic amines) is 1. The van der Waals surface area contributed by atoms with E-state index in [-0.39, 0.29) is 23.8 Å². The molecule has 2 amide bonds. The number of nitrogens with one attached hydrogen (secondary N) is 2. The second-order valence-electron chi connectivity index (χ2n) is 7.65. The molecule has 0 saturated carbocycles. The predicted octanol–water partition coefficient (Wildman–Crippen LogP) is 1.81. The first-order chi connectivity index (χ1) is 13.1. The Morgan fingerprint density at radius 2 is 1.93 bits per heavy atom. The van der Waals surface area contributed by atoms with E-state index >= 15 is 0 Å². The molecule has 2 fully saturated rings. The molecule has 2 aliphatic heterocycles. The smallest absolute Gasteiger partial charge is 0.225 e. The highest BCUT2D eigenvalue weighted by molar-refractivity contribution is 5.80. The number of amides is 2. The molecule has 2 saturated heterocycles. The Balaban J connectivity index is 1.36. The van der Waals surface area contributed by atoms with Gasteiger partial charge in [-0.3, -0.25) is 9.59 Å². The van der Waals surface area contributed by atoms with Crippen LogP contribution >= 0.6 is 0 Å². The first-order valence-electron chi connectivity index (χ1n) is 10.1. The van der Waals surface area contributed by atoms with Crippen molar-refractivity contribution in [1.29, 1.82) is 0 Å². The average Bonchev–Trinajstić information content (AvgIpc) is 2.70. The third-order valence-electron chi connectivity index (χ3n) is 5.70. The maximum absolute atomic E-state index is 12.6. The quantitative estimate of drug-likeness (QED) is 0.798. The fourth-order valence-corrected chi connectivity index (χ4v) is 3.81. The molecule has 0 bridgehead atoms. The first kappa shape index (κ1) is 19.7. The van der Waals surface area contributed by atoms with Crippen LogP contribution in [0.4, 0.5) is 0 Å². The predicted molar refractivity (Wildman–Crippen MR) is 104 cm³/mol. The van der Waals surface area contributed by atoms with E-state index in [0.717, 1.165) is 38.1 Å². The number of benzene rings is 1. The van der Waals surface area contributed by atoms with Gasteiger partial charge < -0.3 is 20.3 Å². The van der Waals surface area contributed by atoms with Crippen LogP contribution < -0.4 is 15.4 Å².